The third kappa shape index (κ3) is 3.13. The lowest BCUT2D eigenvalue weighted by Crippen LogP contribution is -2.46. The van der Waals surface area contributed by atoms with Gasteiger partial charge in [-0.15, -0.1) is 0 Å². The van der Waals surface area contributed by atoms with E-state index >= 15 is 0 Å². The normalized spacial score (nSPS) is 27.0. The Balaban J connectivity index is 1.69. The second-order valence-corrected chi connectivity index (χ2v) is 7.15. The lowest BCUT2D eigenvalue weighted by molar-refractivity contribution is 0.0928. The summed E-state index contributed by atoms with van der Waals surface area (Å²) in [6.07, 6.45) is 2.43. The number of nitrogens with zero attached hydrogens (tertiary/aromatic N) is 1. The molecule has 1 aliphatic heterocycles. The predicted octanol–water partition coefficient (Wildman–Crippen LogP) is 1.12. The van der Waals surface area contributed by atoms with Gasteiger partial charge >= 0.3 is 0 Å². The Kier molecular flexibility index (Phi) is 4.45. The van der Waals surface area contributed by atoms with Gasteiger partial charge in [-0.25, -0.2) is 0 Å². The molecular formula is C18H27N3O2. The molecular weight excluding hydrogens is 290 g/mol. The van der Waals surface area contributed by atoms with Gasteiger partial charge in [0.05, 0.1) is 25.3 Å². The fourth-order valence-electron chi connectivity index (χ4n) is 3.50. The Morgan fingerprint density at radius 3 is 2.43 bits per heavy atom. The maximum atomic E-state index is 12.3. The molecule has 1 aliphatic carbocycles. The highest BCUT2D eigenvalue weighted by Crippen LogP contribution is 2.52. The van der Waals surface area contributed by atoms with Gasteiger partial charge in [-0.3, -0.25) is 4.79 Å². The van der Waals surface area contributed by atoms with Crippen LogP contribution in [-0.2, 0) is 10.2 Å². The van der Waals surface area contributed by atoms with Crippen molar-refractivity contribution in [3.8, 4) is 0 Å². The summed E-state index contributed by atoms with van der Waals surface area (Å²) < 4.78 is 5.28. The monoisotopic (exact) mass is 317 g/mol. The first-order valence-electron chi connectivity index (χ1n) is 8.35. The number of benzene rings is 1. The lowest BCUT2D eigenvalue weighted by atomic mass is 9.88. The van der Waals surface area contributed by atoms with Crippen LogP contribution in [0.15, 0.2) is 24.3 Å². The molecule has 3 atom stereocenters. The highest BCUT2D eigenvalue weighted by atomic mass is 16.5. The molecule has 126 valence electrons. The minimum absolute atomic E-state index is 0.0759. The van der Waals surface area contributed by atoms with Gasteiger partial charge in [-0.1, -0.05) is 12.1 Å². The van der Waals surface area contributed by atoms with Crippen molar-refractivity contribution in [2.45, 2.75) is 43.3 Å². The molecule has 3 unspecified atom stereocenters. The Morgan fingerprint density at radius 1 is 1.30 bits per heavy atom. The predicted molar refractivity (Wildman–Crippen MR) is 90.6 cm³/mol. The molecule has 2 fully saturated rings. The summed E-state index contributed by atoms with van der Waals surface area (Å²) in [5.41, 5.74) is 8.17. The molecule has 0 bridgehead atoms. The van der Waals surface area contributed by atoms with Crippen molar-refractivity contribution >= 4 is 5.91 Å². The molecule has 1 saturated heterocycles. The molecule has 0 aromatic heterocycles. The second-order valence-electron chi connectivity index (χ2n) is 7.15. The van der Waals surface area contributed by atoms with E-state index in [1.807, 2.05) is 12.1 Å². The molecule has 1 aromatic rings. The molecule has 5 nitrogen and oxygen atoms in total. The van der Waals surface area contributed by atoms with Crippen LogP contribution in [0.1, 0.15) is 35.7 Å². The van der Waals surface area contributed by atoms with Gasteiger partial charge in [-0.2, -0.15) is 0 Å². The Labute approximate surface area is 138 Å². The van der Waals surface area contributed by atoms with Gasteiger partial charge in [0.15, 0.2) is 0 Å². The topological polar surface area (TPSA) is 67.6 Å². The summed E-state index contributed by atoms with van der Waals surface area (Å²) in [7, 11) is 4.25. The number of ether oxygens (including phenoxy) is 1. The first kappa shape index (κ1) is 16.4. The molecule has 5 heteroatoms. The van der Waals surface area contributed by atoms with Crippen molar-refractivity contribution in [3.05, 3.63) is 35.4 Å². The summed E-state index contributed by atoms with van der Waals surface area (Å²) in [5, 5.41) is 2.96. The number of likely N-dealkylation sites (N-methyl/N-ethyl adjacent to an activating group) is 1. The van der Waals surface area contributed by atoms with Gasteiger partial charge in [-0.05, 0) is 51.6 Å². The highest BCUT2D eigenvalue weighted by molar-refractivity contribution is 5.94. The minimum Gasteiger partial charge on any atom is -0.378 e. The third-order valence-electron chi connectivity index (χ3n) is 5.53. The number of carbonyl (C=O) groups excluding carboxylic acids is 1. The summed E-state index contributed by atoms with van der Waals surface area (Å²) in [6.45, 7) is 3.28. The zero-order valence-electron chi connectivity index (χ0n) is 14.2. The average molecular weight is 317 g/mol. The quantitative estimate of drug-likeness (QED) is 0.854. The van der Waals surface area contributed by atoms with Gasteiger partial charge in [0.2, 0.25) is 0 Å². The van der Waals surface area contributed by atoms with E-state index in [0.717, 1.165) is 0 Å². The summed E-state index contributed by atoms with van der Waals surface area (Å²) in [4.78, 5) is 14.6. The highest BCUT2D eigenvalue weighted by Gasteiger charge is 2.49. The summed E-state index contributed by atoms with van der Waals surface area (Å²) in [5.74, 6) is -0.0759. The smallest absolute Gasteiger partial charge is 0.251 e. The van der Waals surface area contributed by atoms with Gasteiger partial charge < -0.3 is 20.7 Å². The van der Waals surface area contributed by atoms with E-state index in [1.165, 1.54) is 18.4 Å². The van der Waals surface area contributed by atoms with Crippen molar-refractivity contribution in [3.63, 3.8) is 0 Å². The Bertz CT molecular complexity index is 566. The number of nitrogens with one attached hydrogen (secondary N) is 1. The molecule has 0 spiro atoms. The molecule has 1 heterocycles. The fourth-order valence-corrected chi connectivity index (χ4v) is 3.50. The van der Waals surface area contributed by atoms with Crippen LogP contribution in [0.5, 0.6) is 0 Å². The standard InChI is InChI=1S/C18H27N3O2/c1-12(21(2)3)18(8-9-18)14-6-4-13(5-7-14)17(22)20-16-11-23-10-15(16)19/h4-7,12,15-16H,8-11,19H2,1-3H3,(H,20,22). The largest absolute Gasteiger partial charge is 0.378 e. The van der Waals surface area contributed by atoms with Crippen molar-refractivity contribution < 1.29 is 9.53 Å². The van der Waals surface area contributed by atoms with Crippen LogP contribution in [0.4, 0.5) is 0 Å². The fraction of sp³-hybridized carbons (Fsp3) is 0.611. The van der Waals surface area contributed by atoms with Gasteiger partial charge in [0, 0.05) is 17.0 Å². The Hall–Kier alpha value is -1.43. The molecule has 1 saturated carbocycles. The van der Waals surface area contributed by atoms with Gasteiger partial charge in [0.1, 0.15) is 0 Å². The number of carbonyl (C=O) groups is 1. The maximum absolute atomic E-state index is 12.3. The van der Waals surface area contributed by atoms with E-state index in [0.29, 0.717) is 24.8 Å². The van der Waals surface area contributed by atoms with Crippen LogP contribution < -0.4 is 11.1 Å². The van der Waals surface area contributed by atoms with Crippen LogP contribution in [0, 0.1) is 0 Å². The van der Waals surface area contributed by atoms with Crippen LogP contribution >= 0.6 is 0 Å². The molecule has 3 N–H and O–H groups in total. The number of rotatable bonds is 5. The van der Waals surface area contributed by atoms with Crippen LogP contribution in [-0.4, -0.2) is 56.2 Å². The molecule has 2 aliphatic rings. The van der Waals surface area contributed by atoms with Crippen molar-refractivity contribution in [2.24, 2.45) is 5.73 Å². The molecule has 3 rings (SSSR count). The molecule has 0 radical (unpaired) electrons. The lowest BCUT2D eigenvalue weighted by Gasteiger charge is -2.30. The van der Waals surface area contributed by atoms with Crippen molar-refractivity contribution in [1.82, 2.24) is 10.2 Å². The van der Waals surface area contributed by atoms with E-state index in [2.05, 4.69) is 43.4 Å². The van der Waals surface area contributed by atoms with Crippen LogP contribution in [0.2, 0.25) is 0 Å². The SMILES string of the molecule is CC(N(C)C)C1(c2ccc(C(=O)NC3COCC3N)cc2)CC1. The van der Waals surface area contributed by atoms with E-state index in [9.17, 15) is 4.79 Å². The van der Waals surface area contributed by atoms with Crippen LogP contribution in [0.25, 0.3) is 0 Å². The molecule has 1 aromatic carbocycles. The van der Waals surface area contributed by atoms with Gasteiger partial charge in [0.25, 0.3) is 5.91 Å². The van der Waals surface area contributed by atoms with E-state index in [4.69, 9.17) is 10.5 Å². The second kappa shape index (κ2) is 6.23. The number of amides is 1. The average Bonchev–Trinajstić information content (AvgIpc) is 3.26. The first-order valence-corrected chi connectivity index (χ1v) is 8.35. The minimum atomic E-state index is -0.117. The van der Waals surface area contributed by atoms with E-state index in [-0.39, 0.29) is 23.4 Å². The molecule has 23 heavy (non-hydrogen) atoms. The molecule has 1 amide bonds. The maximum Gasteiger partial charge on any atom is 0.251 e. The third-order valence-corrected chi connectivity index (χ3v) is 5.53. The first-order chi connectivity index (χ1) is 10.9. The van der Waals surface area contributed by atoms with E-state index in [1.54, 1.807) is 0 Å². The number of hydrogen-bond acceptors (Lipinski definition) is 4. The number of nitrogens with two attached hydrogens (primary N) is 1. The zero-order chi connectivity index (χ0) is 16.6. The zero-order valence-corrected chi connectivity index (χ0v) is 14.2. The van der Waals surface area contributed by atoms with Crippen LogP contribution in [0.3, 0.4) is 0 Å². The van der Waals surface area contributed by atoms with Crippen molar-refractivity contribution in [1.29, 1.82) is 0 Å². The summed E-state index contributed by atoms with van der Waals surface area (Å²) >= 11 is 0. The Morgan fingerprint density at radius 2 is 1.96 bits per heavy atom. The van der Waals surface area contributed by atoms with E-state index < -0.39 is 0 Å². The van der Waals surface area contributed by atoms with Crippen molar-refractivity contribution in [2.75, 3.05) is 27.3 Å². The number of hydrogen-bond donors (Lipinski definition) is 2. The summed E-state index contributed by atoms with van der Waals surface area (Å²) in [6, 6.07) is 8.35.